The van der Waals surface area contributed by atoms with Gasteiger partial charge in [0.15, 0.2) is 0 Å². The van der Waals surface area contributed by atoms with Crippen molar-refractivity contribution in [1.82, 2.24) is 10.2 Å². The zero-order valence-corrected chi connectivity index (χ0v) is 12.0. The molecule has 3 nitrogen and oxygen atoms in total. The van der Waals surface area contributed by atoms with Gasteiger partial charge >= 0.3 is 6.03 Å². The molecule has 2 rings (SSSR count). The van der Waals surface area contributed by atoms with E-state index in [0.29, 0.717) is 11.8 Å². The fourth-order valence-corrected chi connectivity index (χ4v) is 3.56. The fourth-order valence-electron chi connectivity index (χ4n) is 3.56. The summed E-state index contributed by atoms with van der Waals surface area (Å²) in [6.45, 7) is 7.24. The Morgan fingerprint density at radius 2 is 1.72 bits per heavy atom. The molecule has 2 unspecified atom stereocenters. The molecule has 1 N–H and O–H groups in total. The third kappa shape index (κ3) is 3.89. The van der Waals surface area contributed by atoms with E-state index in [9.17, 15) is 4.79 Å². The monoisotopic (exact) mass is 252 g/mol. The highest BCUT2D eigenvalue weighted by Gasteiger charge is 2.25. The molecule has 2 atom stereocenters. The predicted octanol–water partition coefficient (Wildman–Crippen LogP) is 3.25. The average molecular weight is 252 g/mol. The maximum atomic E-state index is 12.1. The van der Waals surface area contributed by atoms with Crippen LogP contribution >= 0.6 is 0 Å². The van der Waals surface area contributed by atoms with E-state index in [2.05, 4.69) is 19.2 Å². The molecule has 1 saturated heterocycles. The first-order valence-corrected chi connectivity index (χ1v) is 7.68. The van der Waals surface area contributed by atoms with Gasteiger partial charge < -0.3 is 10.2 Å². The summed E-state index contributed by atoms with van der Waals surface area (Å²) in [5, 5.41) is 3.15. The molecular formula is C15H28N2O. The number of nitrogens with zero attached hydrogens (tertiary/aromatic N) is 1. The summed E-state index contributed by atoms with van der Waals surface area (Å²) >= 11 is 0. The quantitative estimate of drug-likeness (QED) is 0.804. The molecule has 104 valence electrons. The molecule has 3 heteroatoms. The van der Waals surface area contributed by atoms with Crippen molar-refractivity contribution in [3.05, 3.63) is 0 Å². The van der Waals surface area contributed by atoms with Gasteiger partial charge in [-0.15, -0.1) is 0 Å². The Morgan fingerprint density at radius 3 is 2.33 bits per heavy atom. The Kier molecular flexibility index (Phi) is 4.90. The molecule has 1 heterocycles. The largest absolute Gasteiger partial charge is 0.338 e. The van der Waals surface area contributed by atoms with Crippen LogP contribution < -0.4 is 5.32 Å². The maximum absolute atomic E-state index is 12.1. The van der Waals surface area contributed by atoms with Crippen molar-refractivity contribution in [2.24, 2.45) is 17.8 Å². The van der Waals surface area contributed by atoms with Gasteiger partial charge in [0.1, 0.15) is 0 Å². The summed E-state index contributed by atoms with van der Waals surface area (Å²) in [6, 6.07) is 0.166. The van der Waals surface area contributed by atoms with Crippen LogP contribution in [-0.2, 0) is 0 Å². The minimum Gasteiger partial charge on any atom is -0.338 e. The number of urea groups is 1. The minimum absolute atomic E-state index is 0.166. The van der Waals surface area contributed by atoms with Gasteiger partial charge in [0.25, 0.3) is 0 Å². The molecule has 1 aliphatic carbocycles. The Hall–Kier alpha value is -0.730. The van der Waals surface area contributed by atoms with Gasteiger partial charge in [-0.25, -0.2) is 4.79 Å². The second kappa shape index (κ2) is 6.44. The number of hydrogen-bond donors (Lipinski definition) is 1. The van der Waals surface area contributed by atoms with Gasteiger partial charge in [-0.1, -0.05) is 33.1 Å². The van der Waals surface area contributed by atoms with Crippen molar-refractivity contribution in [3.8, 4) is 0 Å². The normalized spacial score (nSPS) is 30.2. The number of nitrogens with one attached hydrogen (secondary N) is 1. The van der Waals surface area contributed by atoms with E-state index in [1.807, 2.05) is 4.90 Å². The SMILES string of the molecule is CC1CC(C)CN(C(=O)NCC2CCCCC2)C1. The number of carbonyl (C=O) groups excluding carboxylic acids is 1. The zero-order chi connectivity index (χ0) is 13.0. The molecule has 1 aliphatic heterocycles. The summed E-state index contributed by atoms with van der Waals surface area (Å²) in [6.07, 6.45) is 7.93. The smallest absolute Gasteiger partial charge is 0.317 e. The van der Waals surface area contributed by atoms with Crippen LogP contribution in [0.4, 0.5) is 4.79 Å². The van der Waals surface area contributed by atoms with E-state index in [-0.39, 0.29) is 6.03 Å². The molecule has 2 fully saturated rings. The van der Waals surface area contributed by atoms with E-state index in [4.69, 9.17) is 0 Å². The third-order valence-corrected chi connectivity index (χ3v) is 4.42. The van der Waals surface area contributed by atoms with E-state index >= 15 is 0 Å². The highest BCUT2D eigenvalue weighted by molar-refractivity contribution is 5.74. The minimum atomic E-state index is 0.166. The number of likely N-dealkylation sites (tertiary alicyclic amines) is 1. The standard InChI is InChI=1S/C15H28N2O/c1-12-8-13(2)11-17(10-12)15(18)16-9-14-6-4-3-5-7-14/h12-14H,3-11H2,1-2H3,(H,16,18). The van der Waals surface area contributed by atoms with E-state index in [1.165, 1.54) is 38.5 Å². The highest BCUT2D eigenvalue weighted by atomic mass is 16.2. The van der Waals surface area contributed by atoms with Crippen molar-refractivity contribution in [1.29, 1.82) is 0 Å². The first kappa shape index (κ1) is 13.7. The predicted molar refractivity (Wildman–Crippen MR) is 74.5 cm³/mol. The van der Waals surface area contributed by atoms with Crippen LogP contribution in [-0.4, -0.2) is 30.6 Å². The lowest BCUT2D eigenvalue weighted by atomic mass is 9.89. The van der Waals surface area contributed by atoms with Crippen LogP contribution in [0.2, 0.25) is 0 Å². The fraction of sp³-hybridized carbons (Fsp3) is 0.933. The summed E-state index contributed by atoms with van der Waals surface area (Å²) < 4.78 is 0. The lowest BCUT2D eigenvalue weighted by Crippen LogP contribution is -2.48. The molecule has 2 amide bonds. The van der Waals surface area contributed by atoms with Crippen LogP contribution in [0, 0.1) is 17.8 Å². The van der Waals surface area contributed by atoms with E-state index in [1.54, 1.807) is 0 Å². The third-order valence-electron chi connectivity index (χ3n) is 4.42. The Labute approximate surface area is 111 Å². The molecule has 0 aromatic rings. The summed E-state index contributed by atoms with van der Waals surface area (Å²) in [5.74, 6) is 2.02. The van der Waals surface area contributed by atoms with Crippen molar-refractivity contribution in [2.45, 2.75) is 52.4 Å². The molecule has 0 radical (unpaired) electrons. The van der Waals surface area contributed by atoms with Crippen LogP contribution in [0.25, 0.3) is 0 Å². The Bertz CT molecular complexity index is 264. The van der Waals surface area contributed by atoms with Crippen molar-refractivity contribution in [3.63, 3.8) is 0 Å². The van der Waals surface area contributed by atoms with Gasteiger partial charge in [-0.05, 0) is 37.0 Å². The van der Waals surface area contributed by atoms with Gasteiger partial charge in [0, 0.05) is 19.6 Å². The highest BCUT2D eigenvalue weighted by Crippen LogP contribution is 2.23. The van der Waals surface area contributed by atoms with E-state index < -0.39 is 0 Å². The van der Waals surface area contributed by atoms with Crippen molar-refractivity contribution in [2.75, 3.05) is 19.6 Å². The number of carbonyl (C=O) groups is 1. The number of hydrogen-bond acceptors (Lipinski definition) is 1. The van der Waals surface area contributed by atoms with Gasteiger partial charge in [-0.3, -0.25) is 0 Å². The molecule has 0 spiro atoms. The van der Waals surface area contributed by atoms with Crippen molar-refractivity contribution >= 4 is 6.03 Å². The molecule has 0 bridgehead atoms. The first-order chi connectivity index (χ1) is 8.65. The number of amides is 2. The van der Waals surface area contributed by atoms with Gasteiger partial charge in [0.05, 0.1) is 0 Å². The first-order valence-electron chi connectivity index (χ1n) is 7.68. The average Bonchev–Trinajstić information content (AvgIpc) is 2.36. The second-order valence-corrected chi connectivity index (χ2v) is 6.54. The molecule has 1 saturated carbocycles. The van der Waals surface area contributed by atoms with Gasteiger partial charge in [0.2, 0.25) is 0 Å². The topological polar surface area (TPSA) is 32.3 Å². The van der Waals surface area contributed by atoms with Crippen molar-refractivity contribution < 1.29 is 4.79 Å². The van der Waals surface area contributed by atoms with E-state index in [0.717, 1.165) is 25.6 Å². The Morgan fingerprint density at radius 1 is 1.11 bits per heavy atom. The Balaban J connectivity index is 1.73. The summed E-state index contributed by atoms with van der Waals surface area (Å²) in [7, 11) is 0. The number of piperidine rings is 1. The molecule has 0 aromatic carbocycles. The molecular weight excluding hydrogens is 224 g/mol. The summed E-state index contributed by atoms with van der Waals surface area (Å²) in [4.78, 5) is 14.2. The number of rotatable bonds is 2. The lowest BCUT2D eigenvalue weighted by Gasteiger charge is -2.35. The van der Waals surface area contributed by atoms with Gasteiger partial charge in [-0.2, -0.15) is 0 Å². The zero-order valence-electron chi connectivity index (χ0n) is 12.0. The molecule has 0 aromatic heterocycles. The summed E-state index contributed by atoms with van der Waals surface area (Å²) in [5.41, 5.74) is 0. The molecule has 2 aliphatic rings. The molecule has 18 heavy (non-hydrogen) atoms. The maximum Gasteiger partial charge on any atom is 0.317 e. The lowest BCUT2D eigenvalue weighted by molar-refractivity contribution is 0.144. The van der Waals surface area contributed by atoms with Crippen LogP contribution in [0.15, 0.2) is 0 Å². The van der Waals surface area contributed by atoms with Crippen LogP contribution in [0.5, 0.6) is 0 Å². The van der Waals surface area contributed by atoms with Crippen LogP contribution in [0.1, 0.15) is 52.4 Å². The second-order valence-electron chi connectivity index (χ2n) is 6.54. The van der Waals surface area contributed by atoms with Crippen LogP contribution in [0.3, 0.4) is 0 Å².